The fourth-order valence-corrected chi connectivity index (χ4v) is 6.56. The predicted octanol–water partition coefficient (Wildman–Crippen LogP) is 3.23. The second-order valence-corrected chi connectivity index (χ2v) is 12.3. The van der Waals surface area contributed by atoms with Gasteiger partial charge in [0.25, 0.3) is 5.56 Å². The molecular weight excluding hydrogens is 566 g/mol. The summed E-state index contributed by atoms with van der Waals surface area (Å²) in [6.45, 7) is 7.04. The van der Waals surface area contributed by atoms with E-state index in [-0.39, 0.29) is 58.7 Å². The SMILES string of the molecule is COc1cc(C(CC(=O)NC(CC(C)C)C(=O)N2CC3CC(C2)c2cccc(=O)n2C3)c2oc(C)cc(=O)c2O)ccc1O. The molecule has 4 atom stereocenters. The van der Waals surface area contributed by atoms with Crippen LogP contribution >= 0.6 is 0 Å². The number of fused-ring (bicyclic) bond motifs is 4. The highest BCUT2D eigenvalue weighted by molar-refractivity contribution is 5.88. The number of likely N-dealkylation sites (tertiary alicyclic amines) is 1. The number of nitrogens with zero attached hydrogens (tertiary/aromatic N) is 2. The maximum Gasteiger partial charge on any atom is 0.250 e. The topological polar surface area (TPSA) is 151 Å². The van der Waals surface area contributed by atoms with Gasteiger partial charge in [-0.15, -0.1) is 0 Å². The molecule has 11 heteroatoms. The molecule has 2 aliphatic rings. The van der Waals surface area contributed by atoms with Crippen LogP contribution in [0.5, 0.6) is 17.2 Å². The molecule has 2 aromatic heterocycles. The van der Waals surface area contributed by atoms with Crippen LogP contribution in [0.3, 0.4) is 0 Å². The minimum atomic E-state index is -0.920. The Morgan fingerprint density at radius 3 is 2.59 bits per heavy atom. The summed E-state index contributed by atoms with van der Waals surface area (Å²) in [7, 11) is 1.39. The number of benzene rings is 1. The molecule has 4 unspecified atom stereocenters. The van der Waals surface area contributed by atoms with E-state index in [0.717, 1.165) is 18.2 Å². The first-order valence-electron chi connectivity index (χ1n) is 14.9. The zero-order valence-electron chi connectivity index (χ0n) is 25.4. The number of hydrogen-bond acceptors (Lipinski definition) is 8. The molecule has 234 valence electrons. The Balaban J connectivity index is 1.40. The van der Waals surface area contributed by atoms with E-state index in [1.54, 1.807) is 30.0 Å². The summed E-state index contributed by atoms with van der Waals surface area (Å²) in [4.78, 5) is 54.3. The molecule has 5 rings (SSSR count). The number of carbonyl (C=O) groups is 2. The number of phenolic OH excluding ortho intramolecular Hbond substituents is 1. The average molecular weight is 606 g/mol. The summed E-state index contributed by atoms with van der Waals surface area (Å²) in [5, 5.41) is 23.7. The van der Waals surface area contributed by atoms with Crippen LogP contribution in [0.2, 0.25) is 0 Å². The van der Waals surface area contributed by atoms with E-state index in [1.165, 1.54) is 19.2 Å². The van der Waals surface area contributed by atoms with Crippen molar-refractivity contribution in [1.29, 1.82) is 0 Å². The van der Waals surface area contributed by atoms with Gasteiger partial charge in [0.2, 0.25) is 23.0 Å². The zero-order valence-corrected chi connectivity index (χ0v) is 25.4. The quantitative estimate of drug-likeness (QED) is 0.336. The Hall–Kier alpha value is -4.54. The minimum Gasteiger partial charge on any atom is -0.504 e. The van der Waals surface area contributed by atoms with Crippen molar-refractivity contribution >= 4 is 11.8 Å². The van der Waals surface area contributed by atoms with Crippen LogP contribution in [-0.2, 0) is 16.1 Å². The van der Waals surface area contributed by atoms with Crippen LogP contribution < -0.4 is 21.0 Å². The van der Waals surface area contributed by atoms with Crippen LogP contribution in [0, 0.1) is 18.8 Å². The van der Waals surface area contributed by atoms with Crippen molar-refractivity contribution in [1.82, 2.24) is 14.8 Å². The Bertz CT molecular complexity index is 1680. The Kier molecular flexibility index (Phi) is 8.85. The van der Waals surface area contributed by atoms with Gasteiger partial charge in [0.15, 0.2) is 17.3 Å². The van der Waals surface area contributed by atoms with Gasteiger partial charge in [0.05, 0.1) is 13.0 Å². The Morgan fingerprint density at radius 2 is 1.86 bits per heavy atom. The van der Waals surface area contributed by atoms with Crippen molar-refractivity contribution in [3.63, 3.8) is 0 Å². The fraction of sp³-hybridized carbons (Fsp3) is 0.455. The van der Waals surface area contributed by atoms with Crippen LogP contribution in [0.25, 0.3) is 0 Å². The van der Waals surface area contributed by atoms with Crippen LogP contribution in [-0.4, -0.2) is 57.7 Å². The van der Waals surface area contributed by atoms with Crippen molar-refractivity contribution in [3.05, 3.63) is 85.8 Å². The van der Waals surface area contributed by atoms with E-state index in [0.29, 0.717) is 31.6 Å². The molecule has 1 saturated heterocycles. The lowest BCUT2D eigenvalue weighted by molar-refractivity contribution is -0.139. The summed E-state index contributed by atoms with van der Waals surface area (Å²) in [5.74, 6) is -1.72. The monoisotopic (exact) mass is 605 g/mol. The number of aromatic hydroxyl groups is 2. The number of rotatable bonds is 9. The molecule has 0 spiro atoms. The van der Waals surface area contributed by atoms with E-state index < -0.39 is 29.0 Å². The molecule has 3 aromatic rings. The molecule has 2 bridgehead atoms. The Labute approximate surface area is 255 Å². The third kappa shape index (κ3) is 6.36. The number of hydrogen-bond donors (Lipinski definition) is 3. The van der Waals surface area contributed by atoms with Gasteiger partial charge in [-0.25, -0.2) is 0 Å². The second-order valence-electron chi connectivity index (χ2n) is 12.3. The molecule has 11 nitrogen and oxygen atoms in total. The van der Waals surface area contributed by atoms with Gasteiger partial charge in [-0.05, 0) is 55.4 Å². The molecule has 2 amide bonds. The molecule has 4 heterocycles. The van der Waals surface area contributed by atoms with Gasteiger partial charge in [0.1, 0.15) is 11.8 Å². The van der Waals surface area contributed by atoms with Crippen LogP contribution in [0.1, 0.15) is 67.7 Å². The van der Waals surface area contributed by atoms with Crippen molar-refractivity contribution in [2.45, 2.75) is 64.5 Å². The highest BCUT2D eigenvalue weighted by Crippen LogP contribution is 2.38. The number of phenols is 1. The van der Waals surface area contributed by atoms with Gasteiger partial charge in [-0.2, -0.15) is 0 Å². The number of pyridine rings is 1. The van der Waals surface area contributed by atoms with Gasteiger partial charge in [0, 0.05) is 49.8 Å². The van der Waals surface area contributed by atoms with Crippen molar-refractivity contribution in [2.24, 2.45) is 11.8 Å². The lowest BCUT2D eigenvalue weighted by atomic mass is 9.82. The first-order chi connectivity index (χ1) is 20.9. The molecule has 44 heavy (non-hydrogen) atoms. The molecule has 0 aliphatic carbocycles. The average Bonchev–Trinajstić information content (AvgIpc) is 2.97. The normalized spacial score (nSPS) is 18.8. The summed E-state index contributed by atoms with van der Waals surface area (Å²) in [5.41, 5.74) is 0.719. The summed E-state index contributed by atoms with van der Waals surface area (Å²) >= 11 is 0. The first kappa shape index (κ1) is 30.9. The molecule has 3 N–H and O–H groups in total. The highest BCUT2D eigenvalue weighted by Gasteiger charge is 2.39. The van der Waals surface area contributed by atoms with E-state index >= 15 is 0 Å². The van der Waals surface area contributed by atoms with E-state index in [9.17, 15) is 29.4 Å². The van der Waals surface area contributed by atoms with Crippen molar-refractivity contribution in [3.8, 4) is 17.2 Å². The number of amides is 2. The molecule has 0 saturated carbocycles. The number of carbonyl (C=O) groups excluding carboxylic acids is 2. The minimum absolute atomic E-state index is 0.0294. The largest absolute Gasteiger partial charge is 0.504 e. The Morgan fingerprint density at radius 1 is 1.09 bits per heavy atom. The standard InChI is InChI=1S/C33H39N3O8/c1-18(2)10-24(33(42)35-15-20-12-22(17-35)25-6-5-7-30(40)36(25)16-20)34-29(39)14-23(21-8-9-26(37)28(13-21)43-4)32-31(41)27(38)11-19(3)44-32/h5-9,11,13,18,20,22-24,37,41H,10,12,14-17H2,1-4H3,(H,34,39). The predicted molar refractivity (Wildman–Crippen MR) is 162 cm³/mol. The summed E-state index contributed by atoms with van der Waals surface area (Å²) in [6.07, 6.45) is 1.06. The number of aromatic nitrogens is 1. The smallest absolute Gasteiger partial charge is 0.250 e. The van der Waals surface area contributed by atoms with E-state index in [2.05, 4.69) is 5.32 Å². The maximum absolute atomic E-state index is 14.0. The number of piperidine rings is 1. The number of aryl methyl sites for hydroxylation is 1. The van der Waals surface area contributed by atoms with Crippen molar-refractivity contribution < 1.29 is 29.0 Å². The number of ether oxygens (including phenoxy) is 1. The highest BCUT2D eigenvalue weighted by atomic mass is 16.5. The van der Waals surface area contributed by atoms with E-state index in [1.807, 2.05) is 24.5 Å². The maximum atomic E-state index is 14.0. The van der Waals surface area contributed by atoms with Crippen LogP contribution in [0.15, 0.2) is 56.5 Å². The second kappa shape index (κ2) is 12.6. The molecule has 2 aliphatic heterocycles. The third-order valence-corrected chi connectivity index (χ3v) is 8.52. The van der Waals surface area contributed by atoms with Gasteiger partial charge in [-0.1, -0.05) is 26.0 Å². The van der Waals surface area contributed by atoms with Gasteiger partial charge >= 0.3 is 0 Å². The molecule has 1 aromatic carbocycles. The lowest BCUT2D eigenvalue weighted by Crippen LogP contribution is -2.55. The van der Waals surface area contributed by atoms with Gasteiger partial charge in [-0.3, -0.25) is 19.2 Å². The molecule has 0 radical (unpaired) electrons. The molecule has 1 fully saturated rings. The lowest BCUT2D eigenvalue weighted by Gasteiger charge is -2.43. The summed E-state index contributed by atoms with van der Waals surface area (Å²) in [6, 6.07) is 10.1. The van der Waals surface area contributed by atoms with E-state index in [4.69, 9.17) is 9.15 Å². The zero-order chi connectivity index (χ0) is 31.7. The third-order valence-electron chi connectivity index (χ3n) is 8.52. The first-order valence-corrected chi connectivity index (χ1v) is 14.9. The summed E-state index contributed by atoms with van der Waals surface area (Å²) < 4.78 is 12.8. The fourth-order valence-electron chi connectivity index (χ4n) is 6.56. The van der Waals surface area contributed by atoms with Gasteiger partial charge < -0.3 is 34.2 Å². The van der Waals surface area contributed by atoms with Crippen molar-refractivity contribution in [2.75, 3.05) is 20.2 Å². The number of methoxy groups -OCH3 is 1. The van der Waals surface area contributed by atoms with Crippen LogP contribution in [0.4, 0.5) is 0 Å². The number of nitrogens with one attached hydrogen (secondary N) is 1. The molecular formula is C33H39N3O8.